The van der Waals surface area contributed by atoms with Gasteiger partial charge in [-0.3, -0.25) is 0 Å². The van der Waals surface area contributed by atoms with Crippen molar-refractivity contribution in [3.8, 4) is 0 Å². The quantitative estimate of drug-likeness (QED) is 0.502. The van der Waals surface area contributed by atoms with Crippen molar-refractivity contribution in [2.45, 2.75) is 4.90 Å². The van der Waals surface area contributed by atoms with Crippen molar-refractivity contribution in [3.63, 3.8) is 0 Å². The van der Waals surface area contributed by atoms with Gasteiger partial charge in [-0.1, -0.05) is 29.3 Å². The first-order valence-electron chi connectivity index (χ1n) is 2.35. The number of hydrogen-bond acceptors (Lipinski definition) is 1. The van der Waals surface area contributed by atoms with E-state index < -0.39 is 0 Å². The van der Waals surface area contributed by atoms with Gasteiger partial charge in [-0.25, -0.2) is 0 Å². The van der Waals surface area contributed by atoms with Crippen LogP contribution in [0.5, 0.6) is 0 Å². The van der Waals surface area contributed by atoms with Crippen LogP contribution in [0.1, 0.15) is 0 Å². The van der Waals surface area contributed by atoms with Crippen molar-refractivity contribution >= 4 is 87.2 Å². The molecule has 0 aliphatic rings. The van der Waals surface area contributed by atoms with E-state index in [0.717, 1.165) is 0 Å². The Morgan fingerprint density at radius 2 is 1.80 bits per heavy atom. The molecule has 1 aromatic rings. The molecule has 0 aliphatic heterocycles. The summed E-state index contributed by atoms with van der Waals surface area (Å²) in [6.45, 7) is 0. The summed E-state index contributed by atoms with van der Waals surface area (Å²) in [6, 6.07) is 5.32. The third-order valence-corrected chi connectivity index (χ3v) is 2.25. The van der Waals surface area contributed by atoms with Gasteiger partial charge in [0.05, 0.1) is 10.0 Å². The van der Waals surface area contributed by atoms with E-state index in [9.17, 15) is 0 Å². The van der Waals surface area contributed by atoms with Gasteiger partial charge in [0.15, 0.2) is 0 Å². The van der Waals surface area contributed by atoms with Gasteiger partial charge >= 0.3 is 0 Å². The third kappa shape index (κ3) is 3.03. The second-order valence-corrected chi connectivity index (χ2v) is 2.84. The van der Waals surface area contributed by atoms with Crippen LogP contribution in [0.25, 0.3) is 0 Å². The molecule has 0 aromatic heterocycles. The van der Waals surface area contributed by atoms with Gasteiger partial charge in [0.2, 0.25) is 0 Å². The van der Waals surface area contributed by atoms with Crippen LogP contribution in [0.3, 0.4) is 0 Å². The summed E-state index contributed by atoms with van der Waals surface area (Å²) in [5, 5.41) is 1.06. The first-order chi connectivity index (χ1) is 4.22. The van der Waals surface area contributed by atoms with E-state index in [1.165, 1.54) is 0 Å². The maximum absolute atomic E-state index is 5.67. The Hall–Kier alpha value is 1.79. The number of thiol groups is 1. The predicted octanol–water partition coefficient (Wildman–Crippen LogP) is 2.90. The Bertz CT molecular complexity index is 207. The van der Waals surface area contributed by atoms with Crippen LogP contribution in [0, 0.1) is 0 Å². The molecule has 0 saturated carbocycles. The molecule has 0 N–H and O–H groups in total. The van der Waals surface area contributed by atoms with Crippen molar-refractivity contribution in [1.82, 2.24) is 0 Å². The fourth-order valence-corrected chi connectivity index (χ4v) is 1.07. The van der Waals surface area contributed by atoms with Crippen LogP contribution >= 0.6 is 35.8 Å². The van der Waals surface area contributed by atoms with Gasteiger partial charge in [0.1, 0.15) is 0 Å². The topological polar surface area (TPSA) is 0 Å². The number of benzene rings is 1. The molecule has 0 atom stereocenters. The molecule has 49 valence electrons. The average Bonchev–Trinajstić information content (AvgIpc) is 1.83. The normalized spacial score (nSPS) is 8.70. The number of hydrogen-bond donors (Lipinski definition) is 1. The van der Waals surface area contributed by atoms with E-state index in [1.807, 2.05) is 0 Å². The van der Waals surface area contributed by atoms with Crippen LogP contribution < -0.4 is 0 Å². The summed E-state index contributed by atoms with van der Waals surface area (Å²) in [4.78, 5) is 0.712. The first kappa shape index (κ1) is 11.8. The van der Waals surface area contributed by atoms with E-state index in [1.54, 1.807) is 18.2 Å². The Kier molecular flexibility index (Phi) is 6.41. The molecule has 0 nitrogen and oxygen atoms in total. The molecule has 0 unspecified atom stereocenters. The van der Waals surface area contributed by atoms with Crippen molar-refractivity contribution in [2.75, 3.05) is 0 Å². The Labute approximate surface area is 118 Å². The van der Waals surface area contributed by atoms with Crippen LogP contribution in [-0.4, -0.2) is 51.4 Å². The van der Waals surface area contributed by atoms with Crippen molar-refractivity contribution in [2.24, 2.45) is 0 Å². The van der Waals surface area contributed by atoms with E-state index in [0.29, 0.717) is 14.9 Å². The first-order valence-corrected chi connectivity index (χ1v) is 3.55. The second kappa shape index (κ2) is 5.44. The summed E-state index contributed by atoms with van der Waals surface area (Å²) in [7, 11) is 0. The number of halogens is 2. The molecule has 0 saturated heterocycles. The standard InChI is InChI=1S/C6H4Cl2S.K/c7-4-2-1-3-5(9)6(4)8;/h1-3,9H;. The maximum atomic E-state index is 5.67. The van der Waals surface area contributed by atoms with Gasteiger partial charge in [-0.15, -0.1) is 12.6 Å². The van der Waals surface area contributed by atoms with Crippen LogP contribution in [0.4, 0.5) is 0 Å². The van der Waals surface area contributed by atoms with Gasteiger partial charge in [0, 0.05) is 56.3 Å². The van der Waals surface area contributed by atoms with Crippen molar-refractivity contribution in [3.05, 3.63) is 28.2 Å². The fourth-order valence-electron chi connectivity index (χ4n) is 0.492. The molecule has 10 heavy (non-hydrogen) atoms. The summed E-state index contributed by atoms with van der Waals surface area (Å²) >= 11 is 15.4. The average molecular weight is 218 g/mol. The molecule has 0 amide bonds. The molecular formula is C6H4Cl2KS. The number of rotatable bonds is 0. The van der Waals surface area contributed by atoms with Gasteiger partial charge in [0.25, 0.3) is 0 Å². The fraction of sp³-hybridized carbons (Fsp3) is 0. The van der Waals surface area contributed by atoms with Gasteiger partial charge in [-0.05, 0) is 12.1 Å². The molecule has 1 aromatic carbocycles. The summed E-state index contributed by atoms with van der Waals surface area (Å²) in [5.74, 6) is 0. The molecule has 0 heterocycles. The van der Waals surface area contributed by atoms with E-state index in [2.05, 4.69) is 12.6 Å². The van der Waals surface area contributed by atoms with E-state index >= 15 is 0 Å². The summed E-state index contributed by atoms with van der Waals surface area (Å²) in [6.07, 6.45) is 0. The predicted molar refractivity (Wildman–Crippen MR) is 49.5 cm³/mol. The molecule has 0 bridgehead atoms. The minimum absolute atomic E-state index is 0. The molecule has 0 spiro atoms. The van der Waals surface area contributed by atoms with Gasteiger partial charge in [-0.2, -0.15) is 0 Å². The SMILES string of the molecule is Sc1cccc(Cl)c1Cl.[K]. The molecule has 0 aliphatic carbocycles. The Morgan fingerprint density at radius 1 is 1.20 bits per heavy atom. The molecule has 1 rings (SSSR count). The van der Waals surface area contributed by atoms with E-state index in [4.69, 9.17) is 23.2 Å². The largest absolute Gasteiger partial charge is 0.142 e. The second-order valence-electron chi connectivity index (χ2n) is 1.57. The molecule has 4 heteroatoms. The summed E-state index contributed by atoms with van der Waals surface area (Å²) < 4.78 is 0. The minimum Gasteiger partial charge on any atom is -0.142 e. The van der Waals surface area contributed by atoms with Crippen molar-refractivity contribution in [1.29, 1.82) is 0 Å². The zero-order valence-corrected chi connectivity index (χ0v) is 11.0. The monoisotopic (exact) mass is 217 g/mol. The zero-order chi connectivity index (χ0) is 6.85. The van der Waals surface area contributed by atoms with Gasteiger partial charge < -0.3 is 0 Å². The van der Waals surface area contributed by atoms with Crippen LogP contribution in [0.2, 0.25) is 10.0 Å². The third-order valence-electron chi connectivity index (χ3n) is 0.931. The van der Waals surface area contributed by atoms with Crippen LogP contribution in [-0.2, 0) is 0 Å². The maximum Gasteiger partial charge on any atom is 0.0725 e. The molecule has 1 radical (unpaired) electrons. The zero-order valence-electron chi connectivity index (χ0n) is 5.44. The summed E-state index contributed by atoms with van der Waals surface area (Å²) in [5.41, 5.74) is 0. The Balaban J connectivity index is 0.000000810. The minimum atomic E-state index is 0. The molecule has 0 fully saturated rings. The van der Waals surface area contributed by atoms with E-state index in [-0.39, 0.29) is 51.4 Å². The van der Waals surface area contributed by atoms with Crippen molar-refractivity contribution < 1.29 is 0 Å². The Morgan fingerprint density at radius 3 is 2.20 bits per heavy atom. The molecular weight excluding hydrogens is 214 g/mol. The van der Waals surface area contributed by atoms with Crippen LogP contribution in [0.15, 0.2) is 23.1 Å². The smallest absolute Gasteiger partial charge is 0.0725 e.